The number of halogens is 1. The lowest BCUT2D eigenvalue weighted by atomic mass is 10.1. The van der Waals surface area contributed by atoms with E-state index in [9.17, 15) is 0 Å². The molecule has 1 aromatic rings. The van der Waals surface area contributed by atoms with Gasteiger partial charge in [0.1, 0.15) is 16.2 Å². The Labute approximate surface area is 124 Å². The number of hydrogen-bond donors (Lipinski definition) is 1. The molecule has 0 aliphatic carbocycles. The number of aromatic nitrogens is 2. The third kappa shape index (κ3) is 4.14. The largest absolute Gasteiger partial charge is 0.367 e. The van der Waals surface area contributed by atoms with Crippen molar-refractivity contribution >= 4 is 21.7 Å². The second kappa shape index (κ2) is 6.66. The topological polar surface area (TPSA) is 41.0 Å². The minimum atomic E-state index is 0.347. The molecule has 1 saturated heterocycles. The summed E-state index contributed by atoms with van der Waals surface area (Å²) in [6.45, 7) is 9.97. The van der Waals surface area contributed by atoms with Gasteiger partial charge in [0.15, 0.2) is 0 Å². The van der Waals surface area contributed by atoms with Crippen molar-refractivity contribution in [2.45, 2.75) is 45.6 Å². The third-order valence-electron chi connectivity index (χ3n) is 3.62. The molecule has 5 heteroatoms. The molecule has 4 nitrogen and oxygen atoms in total. The fourth-order valence-corrected chi connectivity index (χ4v) is 2.77. The van der Waals surface area contributed by atoms with Crippen LogP contribution in [-0.2, 0) is 0 Å². The highest BCUT2D eigenvalue weighted by molar-refractivity contribution is 9.10. The van der Waals surface area contributed by atoms with Gasteiger partial charge in [-0.2, -0.15) is 0 Å². The van der Waals surface area contributed by atoms with Crippen LogP contribution in [0.25, 0.3) is 0 Å². The summed E-state index contributed by atoms with van der Waals surface area (Å²) in [6, 6.07) is 2.50. The molecule has 1 N–H and O–H groups in total. The summed E-state index contributed by atoms with van der Waals surface area (Å²) >= 11 is 3.47. The summed E-state index contributed by atoms with van der Waals surface area (Å²) in [6.07, 6.45) is 2.37. The van der Waals surface area contributed by atoms with Crippen LogP contribution in [0.3, 0.4) is 0 Å². The first kappa shape index (κ1) is 14.7. The summed E-state index contributed by atoms with van der Waals surface area (Å²) in [4.78, 5) is 11.5. The SMILES string of the molecule is CCN1CCC(Nc2cc(Br)nc(C(C)C)n2)CC1. The summed E-state index contributed by atoms with van der Waals surface area (Å²) in [7, 11) is 0. The Morgan fingerprint density at radius 1 is 1.37 bits per heavy atom. The van der Waals surface area contributed by atoms with Crippen LogP contribution in [0.15, 0.2) is 10.7 Å². The van der Waals surface area contributed by atoms with Gasteiger partial charge in [-0.15, -0.1) is 0 Å². The monoisotopic (exact) mass is 326 g/mol. The Bertz CT molecular complexity index is 414. The van der Waals surface area contributed by atoms with Crippen molar-refractivity contribution in [2.75, 3.05) is 25.0 Å². The zero-order valence-electron chi connectivity index (χ0n) is 12.0. The van der Waals surface area contributed by atoms with Gasteiger partial charge in [-0.3, -0.25) is 0 Å². The van der Waals surface area contributed by atoms with Crippen LogP contribution < -0.4 is 5.32 Å². The first-order valence-electron chi connectivity index (χ1n) is 7.12. The van der Waals surface area contributed by atoms with Crippen molar-refractivity contribution < 1.29 is 0 Å². The highest BCUT2D eigenvalue weighted by atomic mass is 79.9. The smallest absolute Gasteiger partial charge is 0.134 e. The normalized spacial score (nSPS) is 17.9. The second-order valence-corrected chi connectivity index (χ2v) is 6.25. The molecular formula is C14H23BrN4. The van der Waals surface area contributed by atoms with Crippen LogP contribution in [0.5, 0.6) is 0 Å². The van der Waals surface area contributed by atoms with Crippen LogP contribution >= 0.6 is 15.9 Å². The molecule has 106 valence electrons. The van der Waals surface area contributed by atoms with Crippen molar-refractivity contribution in [2.24, 2.45) is 0 Å². The molecular weight excluding hydrogens is 304 g/mol. The van der Waals surface area contributed by atoms with Crippen molar-refractivity contribution in [3.05, 3.63) is 16.5 Å². The number of rotatable bonds is 4. The second-order valence-electron chi connectivity index (χ2n) is 5.44. The summed E-state index contributed by atoms with van der Waals surface area (Å²) in [5, 5.41) is 3.55. The number of piperidine rings is 1. The molecule has 1 aliphatic rings. The molecule has 0 unspecified atom stereocenters. The lowest BCUT2D eigenvalue weighted by Crippen LogP contribution is -2.39. The number of anilines is 1. The highest BCUT2D eigenvalue weighted by Crippen LogP contribution is 2.20. The number of nitrogens with zero attached hydrogens (tertiary/aromatic N) is 3. The maximum absolute atomic E-state index is 4.60. The van der Waals surface area contributed by atoms with Gasteiger partial charge in [0.05, 0.1) is 0 Å². The van der Waals surface area contributed by atoms with Crippen molar-refractivity contribution in [3.63, 3.8) is 0 Å². The van der Waals surface area contributed by atoms with E-state index in [1.807, 2.05) is 6.07 Å². The average Bonchev–Trinajstić information content (AvgIpc) is 2.39. The van der Waals surface area contributed by atoms with E-state index in [1.165, 1.54) is 25.9 Å². The summed E-state index contributed by atoms with van der Waals surface area (Å²) < 4.78 is 0.861. The molecule has 0 atom stereocenters. The van der Waals surface area contributed by atoms with Crippen molar-refractivity contribution in [1.82, 2.24) is 14.9 Å². The van der Waals surface area contributed by atoms with E-state index in [0.29, 0.717) is 12.0 Å². The molecule has 1 aliphatic heterocycles. The lowest BCUT2D eigenvalue weighted by Gasteiger charge is -2.31. The van der Waals surface area contributed by atoms with Crippen LogP contribution in [0.4, 0.5) is 5.82 Å². The van der Waals surface area contributed by atoms with E-state index in [1.54, 1.807) is 0 Å². The highest BCUT2D eigenvalue weighted by Gasteiger charge is 2.18. The van der Waals surface area contributed by atoms with Gasteiger partial charge in [-0.05, 0) is 35.3 Å². The van der Waals surface area contributed by atoms with E-state index < -0.39 is 0 Å². The molecule has 0 bridgehead atoms. The third-order valence-corrected chi connectivity index (χ3v) is 4.02. The van der Waals surface area contributed by atoms with Gasteiger partial charge in [0, 0.05) is 31.1 Å². The minimum absolute atomic E-state index is 0.347. The Balaban J connectivity index is 1.99. The zero-order valence-corrected chi connectivity index (χ0v) is 13.6. The standard InChI is InChI=1S/C14H23BrN4/c1-4-19-7-5-11(6-8-19)16-13-9-12(15)17-14(18-13)10(2)3/h9-11H,4-8H2,1-3H3,(H,16,17,18). The maximum Gasteiger partial charge on any atom is 0.134 e. The van der Waals surface area contributed by atoms with E-state index >= 15 is 0 Å². The molecule has 0 saturated carbocycles. The Morgan fingerprint density at radius 2 is 2.05 bits per heavy atom. The van der Waals surface area contributed by atoms with Crippen LogP contribution in [0.1, 0.15) is 45.4 Å². The molecule has 0 radical (unpaired) electrons. The lowest BCUT2D eigenvalue weighted by molar-refractivity contribution is 0.229. The molecule has 19 heavy (non-hydrogen) atoms. The van der Waals surface area contributed by atoms with Crippen molar-refractivity contribution in [3.8, 4) is 0 Å². The van der Waals surface area contributed by atoms with Crippen molar-refractivity contribution in [1.29, 1.82) is 0 Å². The number of likely N-dealkylation sites (tertiary alicyclic amines) is 1. The Morgan fingerprint density at radius 3 is 2.63 bits per heavy atom. The first-order valence-corrected chi connectivity index (χ1v) is 7.91. The fourth-order valence-electron chi connectivity index (χ4n) is 2.37. The average molecular weight is 327 g/mol. The quantitative estimate of drug-likeness (QED) is 0.862. The zero-order chi connectivity index (χ0) is 13.8. The predicted octanol–water partition coefficient (Wildman–Crippen LogP) is 3.26. The van der Waals surface area contributed by atoms with E-state index in [-0.39, 0.29) is 0 Å². The van der Waals surface area contributed by atoms with Gasteiger partial charge in [0.25, 0.3) is 0 Å². The minimum Gasteiger partial charge on any atom is -0.367 e. The Hall–Kier alpha value is -0.680. The Kier molecular flexibility index (Phi) is 5.16. The number of hydrogen-bond acceptors (Lipinski definition) is 4. The van der Waals surface area contributed by atoms with Crippen LogP contribution in [0, 0.1) is 0 Å². The molecule has 0 aromatic carbocycles. The molecule has 2 heterocycles. The first-order chi connectivity index (χ1) is 9.08. The summed E-state index contributed by atoms with van der Waals surface area (Å²) in [5.41, 5.74) is 0. The van der Waals surface area contributed by atoms with E-state index in [0.717, 1.165) is 22.8 Å². The molecule has 0 spiro atoms. The number of nitrogens with one attached hydrogen (secondary N) is 1. The fraction of sp³-hybridized carbons (Fsp3) is 0.714. The summed E-state index contributed by atoms with van der Waals surface area (Å²) in [5.74, 6) is 2.18. The van der Waals surface area contributed by atoms with Gasteiger partial charge < -0.3 is 10.2 Å². The van der Waals surface area contributed by atoms with E-state index in [4.69, 9.17) is 0 Å². The maximum atomic E-state index is 4.60. The van der Waals surface area contributed by atoms with Gasteiger partial charge in [0.2, 0.25) is 0 Å². The van der Waals surface area contributed by atoms with Crippen LogP contribution in [-0.4, -0.2) is 40.5 Å². The predicted molar refractivity (Wildman–Crippen MR) is 82.6 cm³/mol. The molecule has 1 aromatic heterocycles. The molecule has 1 fully saturated rings. The molecule has 0 amide bonds. The van der Waals surface area contributed by atoms with Crippen LogP contribution in [0.2, 0.25) is 0 Å². The molecule has 2 rings (SSSR count). The van der Waals surface area contributed by atoms with Gasteiger partial charge in [-0.1, -0.05) is 20.8 Å². The van der Waals surface area contributed by atoms with Gasteiger partial charge >= 0.3 is 0 Å². The van der Waals surface area contributed by atoms with Gasteiger partial charge in [-0.25, -0.2) is 9.97 Å². The van der Waals surface area contributed by atoms with E-state index in [2.05, 4.69) is 56.9 Å².